The molecule has 1 aliphatic heterocycles. The molecule has 5 heterocycles. The van der Waals surface area contributed by atoms with Gasteiger partial charge in [-0.1, -0.05) is 17.7 Å². The van der Waals surface area contributed by atoms with Crippen LogP contribution in [0.4, 0.5) is 5.69 Å². The average molecular weight is 604 g/mol. The fraction of sp³-hybridized carbons (Fsp3) is 0.452. The Labute approximate surface area is 255 Å². The molecule has 0 bridgehead atoms. The number of benzene rings is 1. The maximum Gasteiger partial charge on any atom is 0.260 e. The van der Waals surface area contributed by atoms with Gasteiger partial charge >= 0.3 is 0 Å². The van der Waals surface area contributed by atoms with Crippen molar-refractivity contribution >= 4 is 39.1 Å². The van der Waals surface area contributed by atoms with E-state index in [1.54, 1.807) is 24.1 Å². The van der Waals surface area contributed by atoms with Gasteiger partial charge in [0.05, 0.1) is 23.5 Å². The van der Waals surface area contributed by atoms with Crippen molar-refractivity contribution in [1.29, 1.82) is 0 Å². The van der Waals surface area contributed by atoms with Gasteiger partial charge in [-0.3, -0.25) is 18.9 Å². The van der Waals surface area contributed by atoms with Gasteiger partial charge in [-0.25, -0.2) is 14.6 Å². The minimum atomic E-state index is -0.773. The molecule has 6 rings (SSSR count). The van der Waals surface area contributed by atoms with Gasteiger partial charge in [0, 0.05) is 55.4 Å². The molecule has 0 saturated carbocycles. The van der Waals surface area contributed by atoms with Gasteiger partial charge in [0.2, 0.25) is 5.82 Å². The first-order chi connectivity index (χ1) is 20.4. The topological polar surface area (TPSA) is 119 Å². The van der Waals surface area contributed by atoms with Crippen molar-refractivity contribution < 1.29 is 5.11 Å². The minimum absolute atomic E-state index is 0.0261. The zero-order valence-corrected chi connectivity index (χ0v) is 26.2. The standard InChI is InChI=1S/C31H38ClN9O2/c1-7-40-29-23(14-34-41(29)20-10-11-39(15-20)16-31(4,5)43)26-21(12-18(2)13-22(26)30(40)42)19(3)35-24-8-9-25(32)36-27(24)28-33-17-38(6)37-28/h8-9,12-14,17,19-20,35,43H,7,10-11,15-16H2,1-6H3. The molecule has 1 aliphatic rings. The van der Waals surface area contributed by atoms with Crippen LogP contribution >= 0.6 is 11.6 Å². The number of aromatic nitrogens is 7. The van der Waals surface area contributed by atoms with E-state index in [2.05, 4.69) is 38.3 Å². The Bertz CT molecular complexity index is 1880. The van der Waals surface area contributed by atoms with Gasteiger partial charge in [0.1, 0.15) is 22.8 Å². The zero-order chi connectivity index (χ0) is 30.6. The lowest BCUT2D eigenvalue weighted by Gasteiger charge is -2.25. The van der Waals surface area contributed by atoms with Crippen LogP contribution in [0.3, 0.4) is 0 Å². The average Bonchev–Trinajstić information content (AvgIpc) is 3.69. The molecule has 0 aliphatic carbocycles. The number of aryl methyl sites for hydroxylation is 3. The normalized spacial score (nSPS) is 16.9. The number of anilines is 1. The first-order valence-electron chi connectivity index (χ1n) is 14.7. The number of hydrogen-bond donors (Lipinski definition) is 2. The highest BCUT2D eigenvalue weighted by atomic mass is 35.5. The number of likely N-dealkylation sites (tertiary alicyclic amines) is 1. The third kappa shape index (κ3) is 5.52. The Hall–Kier alpha value is -3.80. The Morgan fingerprint density at radius 1 is 1.23 bits per heavy atom. The molecular weight excluding hydrogens is 566 g/mol. The molecule has 1 fully saturated rings. The highest BCUT2D eigenvalue weighted by Gasteiger charge is 2.31. The van der Waals surface area contributed by atoms with Crippen molar-refractivity contribution in [2.45, 2.75) is 65.3 Å². The summed E-state index contributed by atoms with van der Waals surface area (Å²) in [6.45, 7) is 12.5. The van der Waals surface area contributed by atoms with E-state index in [4.69, 9.17) is 16.7 Å². The van der Waals surface area contributed by atoms with E-state index in [0.717, 1.165) is 52.7 Å². The number of nitrogens with one attached hydrogen (secondary N) is 1. The van der Waals surface area contributed by atoms with Crippen molar-refractivity contribution in [3.8, 4) is 11.5 Å². The van der Waals surface area contributed by atoms with Crippen LogP contribution in [-0.4, -0.2) is 69.3 Å². The predicted molar refractivity (Wildman–Crippen MR) is 170 cm³/mol. The molecule has 2 unspecified atom stereocenters. The molecule has 43 heavy (non-hydrogen) atoms. The van der Waals surface area contributed by atoms with E-state index in [1.807, 2.05) is 55.3 Å². The van der Waals surface area contributed by atoms with Gasteiger partial charge in [-0.05, 0) is 70.4 Å². The molecule has 11 nitrogen and oxygen atoms in total. The smallest absolute Gasteiger partial charge is 0.260 e. The molecule has 12 heteroatoms. The van der Waals surface area contributed by atoms with Crippen molar-refractivity contribution in [2.75, 3.05) is 25.0 Å². The second-order valence-electron chi connectivity index (χ2n) is 12.3. The summed E-state index contributed by atoms with van der Waals surface area (Å²) in [5, 5.41) is 26.2. The molecule has 5 aromatic rings. The Morgan fingerprint density at radius 2 is 2.02 bits per heavy atom. The van der Waals surface area contributed by atoms with Gasteiger partial charge in [-0.15, -0.1) is 5.10 Å². The second kappa shape index (κ2) is 11.0. The predicted octanol–water partition coefficient (Wildman–Crippen LogP) is 4.71. The van der Waals surface area contributed by atoms with Crippen molar-refractivity contribution in [2.24, 2.45) is 7.05 Å². The van der Waals surface area contributed by atoms with Crippen LogP contribution < -0.4 is 10.9 Å². The first kappa shape index (κ1) is 29.3. The highest BCUT2D eigenvalue weighted by Crippen LogP contribution is 2.36. The third-order valence-corrected chi connectivity index (χ3v) is 8.32. The van der Waals surface area contributed by atoms with Gasteiger partial charge in [-0.2, -0.15) is 5.10 Å². The molecule has 1 aromatic carbocycles. The van der Waals surface area contributed by atoms with Gasteiger partial charge < -0.3 is 10.4 Å². The number of fused-ring (bicyclic) bond motifs is 3. The number of aliphatic hydroxyl groups is 1. The van der Waals surface area contributed by atoms with E-state index in [-0.39, 0.29) is 17.6 Å². The fourth-order valence-corrected chi connectivity index (χ4v) is 6.56. The highest BCUT2D eigenvalue weighted by molar-refractivity contribution is 6.29. The molecule has 0 radical (unpaired) electrons. The summed E-state index contributed by atoms with van der Waals surface area (Å²) in [6.07, 6.45) is 4.43. The lowest BCUT2D eigenvalue weighted by molar-refractivity contribution is 0.0429. The number of pyridine rings is 2. The number of rotatable bonds is 8. The van der Waals surface area contributed by atoms with Crippen LogP contribution in [-0.2, 0) is 13.6 Å². The molecule has 2 atom stereocenters. The summed E-state index contributed by atoms with van der Waals surface area (Å²) in [4.78, 5) is 25.2. The summed E-state index contributed by atoms with van der Waals surface area (Å²) >= 11 is 6.27. The van der Waals surface area contributed by atoms with Crippen LogP contribution in [0, 0.1) is 6.92 Å². The summed E-state index contributed by atoms with van der Waals surface area (Å²) in [5.74, 6) is 0.471. The number of β-amino-alcohol motifs (C(OH)–C–C–N with tert-alkyl or cyclic N) is 1. The van der Waals surface area contributed by atoms with Crippen LogP contribution in [0.5, 0.6) is 0 Å². The van der Waals surface area contributed by atoms with E-state index in [1.165, 1.54) is 0 Å². The monoisotopic (exact) mass is 603 g/mol. The van der Waals surface area contributed by atoms with E-state index >= 15 is 0 Å². The molecule has 2 N–H and O–H groups in total. The van der Waals surface area contributed by atoms with Crippen LogP contribution in [0.1, 0.15) is 57.3 Å². The first-order valence-corrected chi connectivity index (χ1v) is 15.1. The molecule has 1 saturated heterocycles. The molecule has 226 valence electrons. The molecule has 4 aromatic heterocycles. The maximum absolute atomic E-state index is 14.1. The van der Waals surface area contributed by atoms with Crippen LogP contribution in [0.25, 0.3) is 33.3 Å². The van der Waals surface area contributed by atoms with Crippen LogP contribution in [0.15, 0.2) is 41.6 Å². The SMILES string of the molecule is CCn1c(=O)c2cc(C)cc(C(C)Nc3ccc(Cl)nc3-c3ncn(C)n3)c2c2cnn(C3CCN(CC(C)(C)O)C3)c21. The lowest BCUT2D eigenvalue weighted by Crippen LogP contribution is -2.37. The summed E-state index contributed by atoms with van der Waals surface area (Å²) in [7, 11) is 1.81. The molecule has 0 spiro atoms. The van der Waals surface area contributed by atoms with Crippen molar-refractivity contribution in [1.82, 2.24) is 39.0 Å². The van der Waals surface area contributed by atoms with Gasteiger partial charge in [0.15, 0.2) is 0 Å². The van der Waals surface area contributed by atoms with Crippen molar-refractivity contribution in [3.05, 3.63) is 63.4 Å². The fourth-order valence-electron chi connectivity index (χ4n) is 6.41. The minimum Gasteiger partial charge on any atom is -0.389 e. The number of halogens is 1. The maximum atomic E-state index is 14.1. The summed E-state index contributed by atoms with van der Waals surface area (Å²) in [5.41, 5.74) is 3.32. The molecular formula is C31H38ClN9O2. The van der Waals surface area contributed by atoms with Crippen molar-refractivity contribution in [3.63, 3.8) is 0 Å². The number of hydrogen-bond acceptors (Lipinski definition) is 8. The largest absolute Gasteiger partial charge is 0.389 e. The van der Waals surface area contributed by atoms with Crippen LogP contribution in [0.2, 0.25) is 5.15 Å². The van der Waals surface area contributed by atoms with Gasteiger partial charge in [0.25, 0.3) is 5.56 Å². The van der Waals surface area contributed by atoms with E-state index in [9.17, 15) is 9.90 Å². The third-order valence-electron chi connectivity index (χ3n) is 8.11. The molecule has 0 amide bonds. The Morgan fingerprint density at radius 3 is 2.72 bits per heavy atom. The zero-order valence-electron chi connectivity index (χ0n) is 25.5. The second-order valence-corrected chi connectivity index (χ2v) is 12.7. The lowest BCUT2D eigenvalue weighted by atomic mass is 9.95. The number of nitrogens with zero attached hydrogens (tertiary/aromatic N) is 8. The Kier molecular flexibility index (Phi) is 7.52. The van der Waals surface area contributed by atoms with E-state index in [0.29, 0.717) is 35.1 Å². The quantitative estimate of drug-likeness (QED) is 0.245. The van der Waals surface area contributed by atoms with E-state index < -0.39 is 5.60 Å². The summed E-state index contributed by atoms with van der Waals surface area (Å²) < 4.78 is 5.50. The Balaban J connectivity index is 1.47. The summed E-state index contributed by atoms with van der Waals surface area (Å²) in [6, 6.07) is 7.63.